The fourth-order valence-electron chi connectivity index (χ4n) is 2.09. The number of benzene rings is 2. The predicted molar refractivity (Wildman–Crippen MR) is 79.0 cm³/mol. The molecule has 0 fully saturated rings. The van der Waals surface area contributed by atoms with Crippen LogP contribution in [-0.4, -0.2) is 0 Å². The summed E-state index contributed by atoms with van der Waals surface area (Å²) in [5.74, 6) is 3.91. The highest BCUT2D eigenvalue weighted by atomic mass is 79.9. The zero-order chi connectivity index (χ0) is 14.7. The van der Waals surface area contributed by atoms with Gasteiger partial charge in [0, 0.05) is 4.47 Å². The third-order valence-corrected chi connectivity index (χ3v) is 3.87. The Balaban J connectivity index is 2.28. The van der Waals surface area contributed by atoms with E-state index in [0.717, 1.165) is 21.7 Å². The molecule has 20 heavy (non-hydrogen) atoms. The van der Waals surface area contributed by atoms with Crippen LogP contribution in [-0.2, 0) is 6.42 Å². The van der Waals surface area contributed by atoms with Crippen molar-refractivity contribution in [3.63, 3.8) is 0 Å². The Labute approximate surface area is 125 Å². The molecule has 0 aliphatic carbocycles. The van der Waals surface area contributed by atoms with Crippen LogP contribution in [0.3, 0.4) is 0 Å². The van der Waals surface area contributed by atoms with Crippen LogP contribution in [0.4, 0.5) is 8.78 Å². The first-order valence-electron chi connectivity index (χ1n) is 6.17. The van der Waals surface area contributed by atoms with Gasteiger partial charge < -0.3 is 0 Å². The first kappa shape index (κ1) is 15.1. The van der Waals surface area contributed by atoms with Crippen LogP contribution >= 0.6 is 15.9 Å². The maximum Gasteiger partial charge on any atom is 0.159 e. The van der Waals surface area contributed by atoms with Crippen molar-refractivity contribution in [1.82, 2.24) is 5.43 Å². The quantitative estimate of drug-likeness (QED) is 0.656. The molecular formula is C15H15BrF2N2. The molecule has 2 nitrogen and oxygen atoms in total. The van der Waals surface area contributed by atoms with Crippen molar-refractivity contribution in [1.29, 1.82) is 0 Å². The number of halogens is 3. The van der Waals surface area contributed by atoms with Crippen molar-refractivity contribution in [2.24, 2.45) is 5.84 Å². The Kier molecular flexibility index (Phi) is 4.86. The molecule has 0 radical (unpaired) electrons. The van der Waals surface area contributed by atoms with Gasteiger partial charge in [0.25, 0.3) is 0 Å². The summed E-state index contributed by atoms with van der Waals surface area (Å²) < 4.78 is 27.1. The lowest BCUT2D eigenvalue weighted by Gasteiger charge is -2.18. The van der Waals surface area contributed by atoms with Gasteiger partial charge in [-0.3, -0.25) is 11.3 Å². The summed E-state index contributed by atoms with van der Waals surface area (Å²) in [4.78, 5) is 0. The van der Waals surface area contributed by atoms with E-state index in [0.29, 0.717) is 12.0 Å². The van der Waals surface area contributed by atoms with Crippen LogP contribution in [0, 0.1) is 18.6 Å². The molecule has 2 aromatic carbocycles. The molecule has 0 aliphatic heterocycles. The van der Waals surface area contributed by atoms with Gasteiger partial charge in [0.05, 0.1) is 6.04 Å². The maximum atomic E-state index is 13.2. The molecule has 0 heterocycles. The molecule has 0 aromatic heterocycles. The van der Waals surface area contributed by atoms with E-state index < -0.39 is 11.6 Å². The monoisotopic (exact) mass is 340 g/mol. The van der Waals surface area contributed by atoms with Crippen LogP contribution < -0.4 is 11.3 Å². The van der Waals surface area contributed by atoms with Crippen molar-refractivity contribution < 1.29 is 8.78 Å². The summed E-state index contributed by atoms with van der Waals surface area (Å²) in [5.41, 5.74) is 5.49. The lowest BCUT2D eigenvalue weighted by atomic mass is 9.98. The Morgan fingerprint density at radius 3 is 2.55 bits per heavy atom. The van der Waals surface area contributed by atoms with Gasteiger partial charge in [-0.1, -0.05) is 39.7 Å². The summed E-state index contributed by atoms with van der Waals surface area (Å²) in [6, 6.07) is 9.64. The average molecular weight is 341 g/mol. The first-order chi connectivity index (χ1) is 9.51. The van der Waals surface area contributed by atoms with Gasteiger partial charge in [-0.25, -0.2) is 8.78 Å². The van der Waals surface area contributed by atoms with Gasteiger partial charge >= 0.3 is 0 Å². The third-order valence-electron chi connectivity index (χ3n) is 3.15. The van der Waals surface area contributed by atoms with Crippen molar-refractivity contribution in [2.45, 2.75) is 19.4 Å². The summed E-state index contributed by atoms with van der Waals surface area (Å²) in [5, 5.41) is 0. The summed E-state index contributed by atoms with van der Waals surface area (Å²) in [7, 11) is 0. The minimum atomic E-state index is -0.846. The average Bonchev–Trinajstić information content (AvgIpc) is 2.43. The van der Waals surface area contributed by atoms with Crippen molar-refractivity contribution >= 4 is 15.9 Å². The molecule has 1 unspecified atom stereocenters. The molecule has 0 amide bonds. The van der Waals surface area contributed by atoms with Crippen molar-refractivity contribution in [3.8, 4) is 0 Å². The highest BCUT2D eigenvalue weighted by Crippen LogP contribution is 2.27. The number of hydrogen-bond acceptors (Lipinski definition) is 2. The zero-order valence-electron chi connectivity index (χ0n) is 11.0. The minimum Gasteiger partial charge on any atom is -0.271 e. The topological polar surface area (TPSA) is 38.0 Å². The van der Waals surface area contributed by atoms with Gasteiger partial charge in [0.15, 0.2) is 11.6 Å². The Morgan fingerprint density at radius 1 is 1.15 bits per heavy atom. The van der Waals surface area contributed by atoms with E-state index in [1.54, 1.807) is 6.07 Å². The highest BCUT2D eigenvalue weighted by molar-refractivity contribution is 9.10. The third kappa shape index (κ3) is 3.42. The summed E-state index contributed by atoms with van der Waals surface area (Å²) >= 11 is 3.48. The van der Waals surface area contributed by atoms with Gasteiger partial charge in [-0.05, 0) is 42.7 Å². The SMILES string of the molecule is Cc1ccc(Br)c(C(Cc2ccc(F)c(F)c2)NN)c1. The van der Waals surface area contributed by atoms with Crippen LogP contribution in [0.25, 0.3) is 0 Å². The standard InChI is InChI=1S/C15H15BrF2N2/c1-9-2-4-12(16)11(6-9)15(20-19)8-10-3-5-13(17)14(18)7-10/h2-7,15,20H,8,19H2,1H3. The second-order valence-electron chi connectivity index (χ2n) is 4.70. The van der Waals surface area contributed by atoms with Gasteiger partial charge in [-0.15, -0.1) is 0 Å². The molecule has 1 atom stereocenters. The molecule has 0 bridgehead atoms. The summed E-state index contributed by atoms with van der Waals surface area (Å²) in [6.07, 6.45) is 0.468. The largest absolute Gasteiger partial charge is 0.271 e. The van der Waals surface area contributed by atoms with Crippen LogP contribution in [0.15, 0.2) is 40.9 Å². The van der Waals surface area contributed by atoms with E-state index in [1.807, 2.05) is 25.1 Å². The zero-order valence-corrected chi connectivity index (χ0v) is 12.5. The predicted octanol–water partition coefficient (Wildman–Crippen LogP) is 3.78. The van der Waals surface area contributed by atoms with E-state index >= 15 is 0 Å². The maximum absolute atomic E-state index is 13.2. The second kappa shape index (κ2) is 6.43. The van der Waals surface area contributed by atoms with E-state index in [1.165, 1.54) is 6.07 Å². The molecule has 2 aromatic rings. The van der Waals surface area contributed by atoms with Crippen LogP contribution in [0.2, 0.25) is 0 Å². The number of hydrogen-bond donors (Lipinski definition) is 2. The lowest BCUT2D eigenvalue weighted by molar-refractivity contribution is 0.502. The van der Waals surface area contributed by atoms with Gasteiger partial charge in [0.1, 0.15) is 0 Å². The van der Waals surface area contributed by atoms with Crippen LogP contribution in [0.5, 0.6) is 0 Å². The molecule has 0 saturated carbocycles. The Morgan fingerprint density at radius 2 is 1.90 bits per heavy atom. The van der Waals surface area contributed by atoms with Crippen LogP contribution in [0.1, 0.15) is 22.7 Å². The molecule has 3 N–H and O–H groups in total. The van der Waals surface area contributed by atoms with Gasteiger partial charge in [-0.2, -0.15) is 0 Å². The molecule has 5 heteroatoms. The van der Waals surface area contributed by atoms with Crippen molar-refractivity contribution in [3.05, 3.63) is 69.2 Å². The lowest BCUT2D eigenvalue weighted by Crippen LogP contribution is -2.30. The van der Waals surface area contributed by atoms with E-state index in [9.17, 15) is 8.78 Å². The highest BCUT2D eigenvalue weighted by Gasteiger charge is 2.15. The number of aryl methyl sites for hydroxylation is 1. The minimum absolute atomic E-state index is 0.186. The molecule has 2 rings (SSSR count). The normalized spacial score (nSPS) is 12.4. The fourth-order valence-corrected chi connectivity index (χ4v) is 2.61. The number of nitrogens with one attached hydrogen (secondary N) is 1. The van der Waals surface area contributed by atoms with E-state index in [4.69, 9.17) is 5.84 Å². The first-order valence-corrected chi connectivity index (χ1v) is 6.96. The van der Waals surface area contributed by atoms with E-state index in [-0.39, 0.29) is 6.04 Å². The molecule has 0 saturated heterocycles. The van der Waals surface area contributed by atoms with Crippen molar-refractivity contribution in [2.75, 3.05) is 0 Å². The second-order valence-corrected chi connectivity index (χ2v) is 5.55. The molecular weight excluding hydrogens is 326 g/mol. The number of rotatable bonds is 4. The smallest absolute Gasteiger partial charge is 0.159 e. The number of hydrazine groups is 1. The molecule has 0 spiro atoms. The molecule has 0 aliphatic rings. The molecule has 106 valence electrons. The fraction of sp³-hybridized carbons (Fsp3) is 0.200. The van der Waals surface area contributed by atoms with E-state index in [2.05, 4.69) is 21.4 Å². The Hall–Kier alpha value is -1.30. The number of nitrogens with two attached hydrogens (primary N) is 1. The summed E-state index contributed by atoms with van der Waals surface area (Å²) in [6.45, 7) is 1.99. The Bertz CT molecular complexity index is 617. The van der Waals surface area contributed by atoms with Gasteiger partial charge in [0.2, 0.25) is 0 Å².